The predicted octanol–water partition coefficient (Wildman–Crippen LogP) is 12.7. The molecule has 11 rings (SSSR count). The smallest absolute Gasteiger partial charge is 0.238 e. The van der Waals surface area contributed by atoms with Crippen molar-refractivity contribution in [3.8, 4) is 56.7 Å². The summed E-state index contributed by atoms with van der Waals surface area (Å²) in [6.45, 7) is 0. The average molecular weight is 716 g/mol. The monoisotopic (exact) mass is 715 g/mol. The van der Waals surface area contributed by atoms with Crippen LogP contribution in [-0.4, -0.2) is 24.1 Å². The van der Waals surface area contributed by atoms with Crippen LogP contribution in [0.25, 0.3) is 100 Å². The molecule has 0 aliphatic carbocycles. The Bertz CT molecular complexity index is 3240. The third-order valence-corrected chi connectivity index (χ3v) is 10.8. The number of para-hydroxylation sites is 2. The summed E-state index contributed by atoms with van der Waals surface area (Å²) in [6, 6.07) is 70.3. The molecule has 0 spiro atoms. The van der Waals surface area contributed by atoms with E-state index in [0.717, 1.165) is 71.7 Å². The van der Waals surface area contributed by atoms with E-state index in [1.165, 1.54) is 10.9 Å². The summed E-state index contributed by atoms with van der Waals surface area (Å²) >= 11 is 0. The zero-order valence-electron chi connectivity index (χ0n) is 30.3. The van der Waals surface area contributed by atoms with Crippen LogP contribution in [0.5, 0.6) is 0 Å². The molecular formula is C51H33N5. The summed E-state index contributed by atoms with van der Waals surface area (Å²) < 4.78 is 4.67. The lowest BCUT2D eigenvalue weighted by molar-refractivity contribution is 0.953. The van der Waals surface area contributed by atoms with Gasteiger partial charge in [-0.25, -0.2) is 4.98 Å². The van der Waals surface area contributed by atoms with Crippen molar-refractivity contribution in [1.29, 1.82) is 0 Å². The predicted molar refractivity (Wildman–Crippen MR) is 230 cm³/mol. The molecule has 0 saturated carbocycles. The van der Waals surface area contributed by atoms with E-state index in [9.17, 15) is 0 Å². The van der Waals surface area contributed by atoms with E-state index in [0.29, 0.717) is 17.6 Å². The first kappa shape index (κ1) is 31.9. The minimum atomic E-state index is 0.563. The van der Waals surface area contributed by atoms with Gasteiger partial charge in [0.2, 0.25) is 5.95 Å². The molecule has 262 valence electrons. The summed E-state index contributed by atoms with van der Waals surface area (Å²) in [7, 11) is 0. The average Bonchev–Trinajstić information content (AvgIpc) is 3.80. The largest absolute Gasteiger partial charge is 0.307 e. The molecule has 0 saturated heterocycles. The van der Waals surface area contributed by atoms with E-state index < -0.39 is 0 Å². The number of hydrogen-bond acceptors (Lipinski definition) is 3. The van der Waals surface area contributed by atoms with Gasteiger partial charge in [0.15, 0.2) is 11.6 Å². The van der Waals surface area contributed by atoms with Crippen LogP contribution < -0.4 is 0 Å². The van der Waals surface area contributed by atoms with Gasteiger partial charge >= 0.3 is 0 Å². The lowest BCUT2D eigenvalue weighted by atomic mass is 10.0. The zero-order chi connectivity index (χ0) is 37.0. The van der Waals surface area contributed by atoms with Crippen molar-refractivity contribution in [2.75, 3.05) is 0 Å². The van der Waals surface area contributed by atoms with E-state index >= 15 is 0 Å². The number of rotatable bonds is 6. The van der Waals surface area contributed by atoms with Crippen molar-refractivity contribution >= 4 is 43.6 Å². The van der Waals surface area contributed by atoms with Gasteiger partial charge < -0.3 is 4.57 Å². The van der Waals surface area contributed by atoms with Crippen LogP contribution in [-0.2, 0) is 0 Å². The molecule has 0 amide bonds. The molecule has 56 heavy (non-hydrogen) atoms. The lowest BCUT2D eigenvalue weighted by Gasteiger charge is -2.14. The Morgan fingerprint density at radius 2 is 0.732 bits per heavy atom. The second-order valence-electron chi connectivity index (χ2n) is 14.1. The molecule has 0 fully saturated rings. The fourth-order valence-electron chi connectivity index (χ4n) is 8.21. The topological polar surface area (TPSA) is 48.5 Å². The van der Waals surface area contributed by atoms with Crippen molar-refractivity contribution in [3.63, 3.8) is 0 Å². The van der Waals surface area contributed by atoms with Gasteiger partial charge in [0, 0.05) is 38.4 Å². The van der Waals surface area contributed by atoms with Crippen LogP contribution in [0.1, 0.15) is 0 Å². The molecule has 3 heterocycles. The van der Waals surface area contributed by atoms with E-state index in [-0.39, 0.29) is 0 Å². The highest BCUT2D eigenvalue weighted by Gasteiger charge is 2.23. The highest BCUT2D eigenvalue weighted by molar-refractivity contribution is 6.23. The first-order valence-electron chi connectivity index (χ1n) is 18.9. The Balaban J connectivity index is 1.24. The molecule has 8 aromatic carbocycles. The van der Waals surface area contributed by atoms with Crippen molar-refractivity contribution in [3.05, 3.63) is 200 Å². The molecular weight excluding hydrogens is 683 g/mol. The number of benzene rings is 8. The lowest BCUT2D eigenvalue weighted by Crippen LogP contribution is -2.07. The van der Waals surface area contributed by atoms with Gasteiger partial charge in [-0.2, -0.15) is 9.97 Å². The van der Waals surface area contributed by atoms with Crippen molar-refractivity contribution < 1.29 is 0 Å². The molecule has 5 nitrogen and oxygen atoms in total. The standard InChI is InChI=1S/C51H33N5/c1-4-16-34(17-5-1)37-22-14-24-39(32-37)50-52-49(36-20-8-3-9-21-36)53-51(54-50)56-46-29-13-11-27-42(46)44-31-30-43-41-26-10-12-28-45(41)55(47(43)48(44)56)40-25-15-23-38(33-40)35-18-6-2-7-19-35/h1-33H. The number of fused-ring (bicyclic) bond motifs is 7. The number of aromatic nitrogens is 5. The molecule has 0 unspecified atom stereocenters. The number of nitrogens with zero attached hydrogens (tertiary/aromatic N) is 5. The van der Waals surface area contributed by atoms with E-state index in [1.807, 2.05) is 24.3 Å². The Morgan fingerprint density at radius 3 is 1.36 bits per heavy atom. The number of hydrogen-bond donors (Lipinski definition) is 0. The second kappa shape index (κ2) is 13.0. The summed E-state index contributed by atoms with van der Waals surface area (Å²) in [6.07, 6.45) is 0. The SMILES string of the molecule is c1ccc(-c2cccc(-c3nc(-c4ccccc4)nc(-n4c5ccccc5c5ccc6c7ccccc7n(-c7cccc(-c8ccccc8)c7)c6c54)n3)c2)cc1. The van der Waals surface area contributed by atoms with Gasteiger partial charge in [-0.1, -0.05) is 170 Å². The fraction of sp³-hybridized carbons (Fsp3) is 0. The van der Waals surface area contributed by atoms with Crippen LogP contribution in [0.2, 0.25) is 0 Å². The highest BCUT2D eigenvalue weighted by atomic mass is 15.2. The van der Waals surface area contributed by atoms with Crippen LogP contribution in [0.3, 0.4) is 0 Å². The fourth-order valence-corrected chi connectivity index (χ4v) is 8.21. The van der Waals surface area contributed by atoms with Crippen molar-refractivity contribution in [2.45, 2.75) is 0 Å². The van der Waals surface area contributed by atoms with Gasteiger partial charge in [-0.05, 0) is 52.6 Å². The first-order chi connectivity index (χ1) is 27.8. The van der Waals surface area contributed by atoms with Crippen molar-refractivity contribution in [1.82, 2.24) is 24.1 Å². The maximum Gasteiger partial charge on any atom is 0.238 e. The van der Waals surface area contributed by atoms with Crippen LogP contribution in [0.15, 0.2) is 200 Å². The van der Waals surface area contributed by atoms with E-state index in [4.69, 9.17) is 15.0 Å². The molecule has 0 atom stereocenters. The molecule has 0 N–H and O–H groups in total. The molecule has 0 aliphatic rings. The van der Waals surface area contributed by atoms with Gasteiger partial charge in [0.05, 0.1) is 22.1 Å². The van der Waals surface area contributed by atoms with Gasteiger partial charge in [0.1, 0.15) is 0 Å². The highest BCUT2D eigenvalue weighted by Crippen LogP contribution is 2.42. The minimum absolute atomic E-state index is 0.563. The third-order valence-electron chi connectivity index (χ3n) is 10.8. The molecule has 3 aromatic heterocycles. The maximum atomic E-state index is 5.36. The molecule has 5 heteroatoms. The van der Waals surface area contributed by atoms with Gasteiger partial charge in [0.25, 0.3) is 0 Å². The molecule has 0 bridgehead atoms. The summed E-state index contributed by atoms with van der Waals surface area (Å²) in [4.78, 5) is 15.8. The Kier molecular flexibility index (Phi) is 7.42. The first-order valence-corrected chi connectivity index (χ1v) is 18.9. The summed E-state index contributed by atoms with van der Waals surface area (Å²) in [5, 5.41) is 4.61. The Morgan fingerprint density at radius 1 is 0.286 bits per heavy atom. The van der Waals surface area contributed by atoms with Gasteiger partial charge in [-0.3, -0.25) is 4.57 Å². The molecule has 0 aliphatic heterocycles. The van der Waals surface area contributed by atoms with Crippen LogP contribution in [0.4, 0.5) is 0 Å². The van der Waals surface area contributed by atoms with Crippen LogP contribution in [0, 0.1) is 0 Å². The van der Waals surface area contributed by atoms with E-state index in [1.54, 1.807) is 0 Å². The van der Waals surface area contributed by atoms with E-state index in [2.05, 4.69) is 185 Å². The normalized spacial score (nSPS) is 11.6. The molecule has 11 aromatic rings. The summed E-state index contributed by atoms with van der Waals surface area (Å²) in [5.74, 6) is 1.79. The van der Waals surface area contributed by atoms with Crippen molar-refractivity contribution in [2.24, 2.45) is 0 Å². The Labute approximate surface area is 323 Å². The Hall–Kier alpha value is -7.63. The second-order valence-corrected chi connectivity index (χ2v) is 14.1. The minimum Gasteiger partial charge on any atom is -0.307 e. The van der Waals surface area contributed by atoms with Gasteiger partial charge in [-0.15, -0.1) is 0 Å². The quantitative estimate of drug-likeness (QED) is 0.172. The van der Waals surface area contributed by atoms with Crippen LogP contribution >= 0.6 is 0 Å². The zero-order valence-corrected chi connectivity index (χ0v) is 30.3. The third kappa shape index (κ3) is 5.21. The maximum absolute atomic E-state index is 5.36. The molecule has 0 radical (unpaired) electrons. The summed E-state index contributed by atoms with van der Waals surface area (Å²) in [5.41, 5.74) is 11.8.